The predicted molar refractivity (Wildman–Crippen MR) is 77.6 cm³/mol. The number of halogens is 1. The molecule has 0 unspecified atom stereocenters. The van der Waals surface area contributed by atoms with Crippen LogP contribution in [0.2, 0.25) is 0 Å². The molecule has 2 aromatic rings. The van der Waals surface area contributed by atoms with Gasteiger partial charge in [-0.3, -0.25) is 4.98 Å². The van der Waals surface area contributed by atoms with E-state index in [0.717, 1.165) is 11.3 Å². The molecule has 0 spiro atoms. The third-order valence-electron chi connectivity index (χ3n) is 2.92. The van der Waals surface area contributed by atoms with Crippen molar-refractivity contribution < 1.29 is 18.6 Å². The number of hydrogen-bond acceptors (Lipinski definition) is 5. The quantitative estimate of drug-likeness (QED) is 0.887. The van der Waals surface area contributed by atoms with Crippen molar-refractivity contribution in [3.05, 3.63) is 42.0 Å². The summed E-state index contributed by atoms with van der Waals surface area (Å²) in [5, 5.41) is 3.17. The fourth-order valence-electron chi connectivity index (χ4n) is 1.94. The van der Waals surface area contributed by atoms with E-state index in [1.807, 2.05) is 0 Å². The second-order valence-corrected chi connectivity index (χ2v) is 4.28. The lowest BCUT2D eigenvalue weighted by atomic mass is 10.2. The zero-order valence-corrected chi connectivity index (χ0v) is 12.1. The molecule has 112 valence electrons. The second kappa shape index (κ2) is 6.78. The number of hydrogen-bond donors (Lipinski definition) is 1. The Kier molecular flexibility index (Phi) is 4.81. The number of pyridine rings is 1. The average molecular weight is 292 g/mol. The van der Waals surface area contributed by atoms with Gasteiger partial charge in [0, 0.05) is 30.6 Å². The van der Waals surface area contributed by atoms with Crippen LogP contribution >= 0.6 is 0 Å². The van der Waals surface area contributed by atoms with Gasteiger partial charge in [-0.25, -0.2) is 4.39 Å². The highest BCUT2D eigenvalue weighted by Gasteiger charge is 2.13. The Morgan fingerprint density at radius 1 is 1.00 bits per heavy atom. The average Bonchev–Trinajstić information content (AvgIpc) is 2.51. The topological polar surface area (TPSA) is 52.6 Å². The monoisotopic (exact) mass is 292 g/mol. The normalized spacial score (nSPS) is 10.1. The molecule has 1 N–H and O–H groups in total. The molecule has 0 aliphatic heterocycles. The zero-order valence-electron chi connectivity index (χ0n) is 12.1. The molecule has 0 bridgehead atoms. The van der Waals surface area contributed by atoms with E-state index in [4.69, 9.17) is 14.2 Å². The van der Waals surface area contributed by atoms with Gasteiger partial charge in [-0.1, -0.05) is 0 Å². The minimum atomic E-state index is -0.362. The lowest BCUT2D eigenvalue weighted by Gasteiger charge is -2.15. The number of rotatable bonds is 6. The van der Waals surface area contributed by atoms with Gasteiger partial charge >= 0.3 is 0 Å². The molecule has 1 aromatic heterocycles. The summed E-state index contributed by atoms with van der Waals surface area (Å²) in [6, 6.07) is 5.00. The van der Waals surface area contributed by atoms with Gasteiger partial charge in [-0.15, -0.1) is 0 Å². The van der Waals surface area contributed by atoms with Gasteiger partial charge in [0.05, 0.1) is 27.5 Å². The molecule has 0 amide bonds. The Morgan fingerprint density at radius 2 is 1.67 bits per heavy atom. The Bertz CT molecular complexity index is 595. The highest BCUT2D eigenvalue weighted by Crippen LogP contribution is 2.39. The van der Waals surface area contributed by atoms with Crippen molar-refractivity contribution in [3.63, 3.8) is 0 Å². The number of anilines is 1. The molecule has 0 fully saturated rings. The first-order valence-corrected chi connectivity index (χ1v) is 6.31. The third-order valence-corrected chi connectivity index (χ3v) is 2.92. The van der Waals surface area contributed by atoms with E-state index >= 15 is 0 Å². The second-order valence-electron chi connectivity index (χ2n) is 4.28. The Balaban J connectivity index is 2.20. The summed E-state index contributed by atoms with van der Waals surface area (Å²) < 4.78 is 28.9. The van der Waals surface area contributed by atoms with Crippen LogP contribution in [0.3, 0.4) is 0 Å². The van der Waals surface area contributed by atoms with Crippen LogP contribution in [0.1, 0.15) is 5.56 Å². The summed E-state index contributed by atoms with van der Waals surface area (Å²) in [4.78, 5) is 3.81. The summed E-state index contributed by atoms with van der Waals surface area (Å²) >= 11 is 0. The minimum Gasteiger partial charge on any atom is -0.493 e. The number of ether oxygens (including phenoxy) is 3. The van der Waals surface area contributed by atoms with E-state index in [0.29, 0.717) is 23.8 Å². The Hall–Kier alpha value is -2.50. The molecule has 1 aromatic carbocycles. The SMILES string of the molecule is COc1cc(NCc2cncc(F)c2)cc(OC)c1OC. The highest BCUT2D eigenvalue weighted by atomic mass is 19.1. The Morgan fingerprint density at radius 3 is 2.19 bits per heavy atom. The number of methoxy groups -OCH3 is 3. The van der Waals surface area contributed by atoms with E-state index < -0.39 is 0 Å². The van der Waals surface area contributed by atoms with Gasteiger partial charge in [0.2, 0.25) is 5.75 Å². The van der Waals surface area contributed by atoms with Crippen LogP contribution in [0.5, 0.6) is 17.2 Å². The highest BCUT2D eigenvalue weighted by molar-refractivity contribution is 5.62. The van der Waals surface area contributed by atoms with E-state index in [9.17, 15) is 4.39 Å². The molecular formula is C15H17FN2O3. The largest absolute Gasteiger partial charge is 0.493 e. The van der Waals surface area contributed by atoms with Crippen molar-refractivity contribution >= 4 is 5.69 Å². The standard InChI is InChI=1S/C15H17FN2O3/c1-19-13-5-12(6-14(20-2)15(13)21-3)18-8-10-4-11(16)9-17-7-10/h4-7,9,18H,8H2,1-3H3. The molecule has 0 radical (unpaired) electrons. The van der Waals surface area contributed by atoms with Gasteiger partial charge in [0.1, 0.15) is 5.82 Å². The summed E-state index contributed by atoms with van der Waals surface area (Å²) in [5.74, 6) is 1.27. The maximum absolute atomic E-state index is 13.1. The number of aromatic nitrogens is 1. The van der Waals surface area contributed by atoms with E-state index in [1.165, 1.54) is 12.3 Å². The molecule has 0 aliphatic carbocycles. The van der Waals surface area contributed by atoms with Crippen molar-refractivity contribution in [2.45, 2.75) is 6.54 Å². The number of nitrogens with one attached hydrogen (secondary N) is 1. The number of nitrogens with zero attached hydrogens (tertiary/aromatic N) is 1. The minimum absolute atomic E-state index is 0.362. The maximum atomic E-state index is 13.1. The van der Waals surface area contributed by atoms with Crippen LogP contribution in [-0.2, 0) is 6.54 Å². The van der Waals surface area contributed by atoms with Crippen molar-refractivity contribution in [3.8, 4) is 17.2 Å². The first-order chi connectivity index (χ1) is 10.2. The van der Waals surface area contributed by atoms with E-state index in [1.54, 1.807) is 39.7 Å². The van der Waals surface area contributed by atoms with Crippen molar-refractivity contribution in [1.29, 1.82) is 0 Å². The first kappa shape index (κ1) is 14.9. The van der Waals surface area contributed by atoms with Crippen molar-refractivity contribution in [2.24, 2.45) is 0 Å². The summed E-state index contributed by atoms with van der Waals surface area (Å²) in [6.07, 6.45) is 2.77. The molecule has 1 heterocycles. The summed E-state index contributed by atoms with van der Waals surface area (Å²) in [6.45, 7) is 0.434. The lowest BCUT2D eigenvalue weighted by molar-refractivity contribution is 0.324. The Labute approximate surface area is 122 Å². The smallest absolute Gasteiger partial charge is 0.203 e. The van der Waals surface area contributed by atoms with Gasteiger partial charge in [0.15, 0.2) is 11.5 Å². The van der Waals surface area contributed by atoms with Crippen LogP contribution in [0.25, 0.3) is 0 Å². The van der Waals surface area contributed by atoms with Crippen molar-refractivity contribution in [1.82, 2.24) is 4.98 Å². The first-order valence-electron chi connectivity index (χ1n) is 6.31. The molecule has 5 nitrogen and oxygen atoms in total. The molecular weight excluding hydrogens is 275 g/mol. The van der Waals surface area contributed by atoms with Crippen LogP contribution in [0.4, 0.5) is 10.1 Å². The lowest BCUT2D eigenvalue weighted by Crippen LogP contribution is -2.02. The molecule has 6 heteroatoms. The zero-order chi connectivity index (χ0) is 15.2. The van der Waals surface area contributed by atoms with Crippen LogP contribution in [0.15, 0.2) is 30.6 Å². The van der Waals surface area contributed by atoms with Crippen LogP contribution < -0.4 is 19.5 Å². The fraction of sp³-hybridized carbons (Fsp3) is 0.267. The summed E-state index contributed by atoms with van der Waals surface area (Å²) in [7, 11) is 4.65. The number of benzene rings is 1. The van der Waals surface area contributed by atoms with Gasteiger partial charge < -0.3 is 19.5 Å². The molecule has 0 aliphatic rings. The maximum Gasteiger partial charge on any atom is 0.203 e. The third kappa shape index (κ3) is 3.53. The molecule has 0 saturated carbocycles. The van der Waals surface area contributed by atoms with Crippen LogP contribution in [-0.4, -0.2) is 26.3 Å². The van der Waals surface area contributed by atoms with E-state index in [2.05, 4.69) is 10.3 Å². The van der Waals surface area contributed by atoms with Gasteiger partial charge in [-0.05, 0) is 11.6 Å². The molecule has 2 rings (SSSR count). The predicted octanol–water partition coefficient (Wildman–Crippen LogP) is 2.86. The molecule has 0 saturated heterocycles. The van der Waals surface area contributed by atoms with Crippen LogP contribution in [0, 0.1) is 5.82 Å². The summed E-state index contributed by atoms with van der Waals surface area (Å²) in [5.41, 5.74) is 1.51. The van der Waals surface area contributed by atoms with E-state index in [-0.39, 0.29) is 5.82 Å². The van der Waals surface area contributed by atoms with Gasteiger partial charge in [0.25, 0.3) is 0 Å². The molecule has 0 atom stereocenters. The fourth-order valence-corrected chi connectivity index (χ4v) is 1.94. The van der Waals surface area contributed by atoms with Gasteiger partial charge in [-0.2, -0.15) is 0 Å². The molecule has 21 heavy (non-hydrogen) atoms. The van der Waals surface area contributed by atoms with Crippen molar-refractivity contribution in [2.75, 3.05) is 26.6 Å².